The number of hydrogen-bond acceptors (Lipinski definition) is 5. The van der Waals surface area contributed by atoms with Crippen LogP contribution in [0.1, 0.15) is 45.4 Å². The van der Waals surface area contributed by atoms with Crippen molar-refractivity contribution in [1.29, 1.82) is 0 Å². The average Bonchev–Trinajstić information content (AvgIpc) is 3.09. The molecule has 164 valence electrons. The van der Waals surface area contributed by atoms with Gasteiger partial charge in [0.15, 0.2) is 0 Å². The summed E-state index contributed by atoms with van der Waals surface area (Å²) in [6.45, 7) is 5.14. The van der Waals surface area contributed by atoms with E-state index < -0.39 is 6.10 Å². The van der Waals surface area contributed by atoms with Gasteiger partial charge >= 0.3 is 0 Å². The van der Waals surface area contributed by atoms with Gasteiger partial charge in [-0.25, -0.2) is 0 Å². The lowest BCUT2D eigenvalue weighted by molar-refractivity contribution is -0.192. The van der Waals surface area contributed by atoms with Crippen LogP contribution in [0.3, 0.4) is 0 Å². The molecule has 0 amide bonds. The lowest BCUT2D eigenvalue weighted by Gasteiger charge is -2.60. The van der Waals surface area contributed by atoms with Gasteiger partial charge in [0.1, 0.15) is 6.10 Å². The summed E-state index contributed by atoms with van der Waals surface area (Å²) in [6.07, 6.45) is 14.0. The Balaban J connectivity index is 1.39. The second-order valence-electron chi connectivity index (χ2n) is 10.7. The Morgan fingerprint density at radius 2 is 1.80 bits per heavy atom. The zero-order valence-electron chi connectivity index (χ0n) is 17.9. The van der Waals surface area contributed by atoms with Crippen molar-refractivity contribution in [3.63, 3.8) is 0 Å². The van der Waals surface area contributed by atoms with E-state index in [1.54, 1.807) is 0 Å². The summed E-state index contributed by atoms with van der Waals surface area (Å²) < 4.78 is 24.6. The molecule has 4 aliphatic carbocycles. The molecule has 3 saturated carbocycles. The maximum atomic E-state index is 11.3. The molecule has 0 aromatic carbocycles. The van der Waals surface area contributed by atoms with Crippen LogP contribution in [0.25, 0.3) is 0 Å². The molecule has 2 heterocycles. The fraction of sp³-hybridized carbons (Fsp3) is 0.840. The molecule has 5 unspecified atom stereocenters. The van der Waals surface area contributed by atoms with Crippen molar-refractivity contribution in [3.8, 4) is 12.3 Å². The Morgan fingerprint density at radius 3 is 2.60 bits per heavy atom. The van der Waals surface area contributed by atoms with Crippen molar-refractivity contribution in [2.75, 3.05) is 26.4 Å². The van der Waals surface area contributed by atoms with Gasteiger partial charge in [-0.15, -0.1) is 6.42 Å². The lowest BCUT2D eigenvalue weighted by atomic mass is 9.45. The summed E-state index contributed by atoms with van der Waals surface area (Å²) in [7, 11) is 0. The maximum absolute atomic E-state index is 11.3. The Bertz CT molecular complexity index is 772. The van der Waals surface area contributed by atoms with Gasteiger partial charge in [-0.1, -0.05) is 24.5 Å². The van der Waals surface area contributed by atoms with Crippen LogP contribution in [0.15, 0.2) is 11.6 Å². The minimum Gasteiger partial charge on any atom is -0.379 e. The third-order valence-corrected chi connectivity index (χ3v) is 9.72. The molecular weight excluding hydrogens is 380 g/mol. The average molecular weight is 415 g/mol. The number of aliphatic hydroxyl groups excluding tert-OH is 1. The second kappa shape index (κ2) is 7.05. The van der Waals surface area contributed by atoms with Crippen molar-refractivity contribution >= 4 is 0 Å². The van der Waals surface area contributed by atoms with Gasteiger partial charge in [0.25, 0.3) is 0 Å². The Labute approximate surface area is 179 Å². The van der Waals surface area contributed by atoms with Gasteiger partial charge in [-0.05, 0) is 61.7 Å². The summed E-state index contributed by atoms with van der Waals surface area (Å²) in [5.74, 6) is 4.18. The summed E-state index contributed by atoms with van der Waals surface area (Å²) in [4.78, 5) is 0. The largest absolute Gasteiger partial charge is 0.379 e. The van der Waals surface area contributed by atoms with E-state index in [0.717, 1.165) is 38.5 Å². The predicted octanol–water partition coefficient (Wildman–Crippen LogP) is 2.71. The molecule has 6 rings (SSSR count). The molecule has 0 aromatic rings. The molecule has 6 aliphatic rings. The summed E-state index contributed by atoms with van der Waals surface area (Å²) in [5.41, 5.74) is 1.10. The van der Waals surface area contributed by atoms with Crippen LogP contribution in [-0.2, 0) is 18.9 Å². The molecule has 0 aromatic heterocycles. The van der Waals surface area contributed by atoms with Gasteiger partial charge in [0.05, 0.1) is 50.8 Å². The van der Waals surface area contributed by atoms with E-state index in [2.05, 4.69) is 18.9 Å². The fourth-order valence-electron chi connectivity index (χ4n) is 8.47. The van der Waals surface area contributed by atoms with E-state index in [-0.39, 0.29) is 35.2 Å². The van der Waals surface area contributed by atoms with Crippen LogP contribution < -0.4 is 0 Å². The van der Waals surface area contributed by atoms with Crippen LogP contribution in [-0.4, -0.2) is 62.1 Å². The molecule has 2 saturated heterocycles. The van der Waals surface area contributed by atoms with Gasteiger partial charge in [0.2, 0.25) is 0 Å². The SMILES string of the molecule is C#CC(O)[C@]12CC3OCCOC3CC1=CC[C@@H]1[C@@H]2CC[C@]2(C)C3OCCOC3C[C@@H]12. The summed E-state index contributed by atoms with van der Waals surface area (Å²) >= 11 is 0. The number of rotatable bonds is 1. The first kappa shape index (κ1) is 19.8. The molecule has 5 heteroatoms. The van der Waals surface area contributed by atoms with E-state index in [0.29, 0.717) is 44.2 Å². The Kier molecular flexibility index (Phi) is 4.64. The highest BCUT2D eigenvalue weighted by Gasteiger charge is 2.65. The third kappa shape index (κ3) is 2.55. The predicted molar refractivity (Wildman–Crippen MR) is 111 cm³/mol. The molecule has 1 N–H and O–H groups in total. The highest BCUT2D eigenvalue weighted by molar-refractivity contribution is 5.33. The number of terminal acetylenes is 1. The molecule has 5 nitrogen and oxygen atoms in total. The van der Waals surface area contributed by atoms with Crippen molar-refractivity contribution in [2.24, 2.45) is 28.6 Å². The zero-order valence-corrected chi connectivity index (χ0v) is 17.9. The third-order valence-electron chi connectivity index (χ3n) is 9.72. The van der Waals surface area contributed by atoms with Gasteiger partial charge < -0.3 is 24.1 Å². The van der Waals surface area contributed by atoms with Crippen molar-refractivity contribution < 1.29 is 24.1 Å². The van der Waals surface area contributed by atoms with Crippen molar-refractivity contribution in [2.45, 2.75) is 76.0 Å². The van der Waals surface area contributed by atoms with E-state index in [4.69, 9.17) is 25.4 Å². The normalized spacial score (nSPS) is 53.1. The molecule has 0 spiro atoms. The van der Waals surface area contributed by atoms with Crippen LogP contribution in [0.4, 0.5) is 0 Å². The molecule has 5 fully saturated rings. The summed E-state index contributed by atoms with van der Waals surface area (Å²) in [6, 6.07) is 0. The highest BCUT2D eigenvalue weighted by Crippen LogP contribution is 2.67. The molecule has 0 bridgehead atoms. The minimum atomic E-state index is -0.774. The second-order valence-corrected chi connectivity index (χ2v) is 10.7. The first-order valence-corrected chi connectivity index (χ1v) is 11.9. The quantitative estimate of drug-likeness (QED) is 0.528. The smallest absolute Gasteiger partial charge is 0.124 e. The number of aliphatic hydroxyl groups is 1. The van der Waals surface area contributed by atoms with Crippen molar-refractivity contribution in [1.82, 2.24) is 0 Å². The number of ether oxygens (including phenoxy) is 4. The van der Waals surface area contributed by atoms with Crippen LogP contribution in [0, 0.1) is 40.9 Å². The van der Waals surface area contributed by atoms with E-state index in [1.807, 2.05) is 0 Å². The first-order valence-electron chi connectivity index (χ1n) is 11.9. The highest BCUT2D eigenvalue weighted by atomic mass is 16.6. The van der Waals surface area contributed by atoms with Gasteiger partial charge in [-0.3, -0.25) is 0 Å². The topological polar surface area (TPSA) is 57.2 Å². The number of allylic oxidation sites excluding steroid dienone is 1. The number of hydrogen-bond donors (Lipinski definition) is 1. The number of fused-ring (bicyclic) bond motifs is 8. The van der Waals surface area contributed by atoms with Gasteiger partial charge in [0, 0.05) is 5.41 Å². The van der Waals surface area contributed by atoms with E-state index in [9.17, 15) is 5.11 Å². The Morgan fingerprint density at radius 1 is 1.07 bits per heavy atom. The van der Waals surface area contributed by atoms with Gasteiger partial charge in [-0.2, -0.15) is 0 Å². The van der Waals surface area contributed by atoms with Crippen molar-refractivity contribution in [3.05, 3.63) is 11.6 Å². The molecule has 30 heavy (non-hydrogen) atoms. The molecule has 2 aliphatic heterocycles. The summed E-state index contributed by atoms with van der Waals surface area (Å²) in [5, 5.41) is 11.3. The maximum Gasteiger partial charge on any atom is 0.124 e. The fourth-order valence-corrected chi connectivity index (χ4v) is 8.47. The standard InChI is InChI=1S/C25H34O5/c1-3-22(26)25-14-21-19(27-8-9-29-21)12-15(25)4-5-16-17(25)6-7-24(2)18(16)13-20-23(24)30-11-10-28-20/h1,4,16-23,26H,5-14H2,2H3/t16-,17+,18+,19?,20?,21?,22?,23?,24+,25-/m1/s1. The van der Waals surface area contributed by atoms with E-state index in [1.165, 1.54) is 5.57 Å². The zero-order chi connectivity index (χ0) is 20.5. The van der Waals surface area contributed by atoms with Crippen LogP contribution >= 0.6 is 0 Å². The lowest BCUT2D eigenvalue weighted by Crippen LogP contribution is -2.60. The van der Waals surface area contributed by atoms with E-state index >= 15 is 0 Å². The first-order chi connectivity index (χ1) is 14.6. The Hall–Kier alpha value is -0.900. The molecular formula is C25H34O5. The molecule has 10 atom stereocenters. The monoisotopic (exact) mass is 414 g/mol. The van der Waals surface area contributed by atoms with Crippen LogP contribution in [0.2, 0.25) is 0 Å². The molecule has 0 radical (unpaired) electrons. The van der Waals surface area contributed by atoms with Crippen LogP contribution in [0.5, 0.6) is 0 Å². The minimum absolute atomic E-state index is 0.0313.